The van der Waals surface area contributed by atoms with Gasteiger partial charge >= 0.3 is 5.69 Å². The lowest BCUT2D eigenvalue weighted by Gasteiger charge is -2.13. The second-order valence-electron chi connectivity index (χ2n) is 4.50. The number of nitro benzene ring substituents is 1. The van der Waals surface area contributed by atoms with Crippen LogP contribution in [0.4, 0.5) is 14.5 Å². The van der Waals surface area contributed by atoms with Crippen LogP contribution in [0.25, 0.3) is 0 Å². The van der Waals surface area contributed by atoms with E-state index in [9.17, 15) is 18.9 Å². The number of allylic oxidation sites excluding steroid dienone is 1. The lowest BCUT2D eigenvalue weighted by molar-refractivity contribution is -0.387. The molecule has 0 spiro atoms. The molecule has 0 N–H and O–H groups in total. The van der Waals surface area contributed by atoms with E-state index in [0.717, 1.165) is 25.0 Å². The Bertz CT molecular complexity index is 571. The van der Waals surface area contributed by atoms with Crippen molar-refractivity contribution in [3.05, 3.63) is 45.5 Å². The van der Waals surface area contributed by atoms with Gasteiger partial charge in [0.25, 0.3) is 0 Å². The molecule has 0 amide bonds. The molecule has 2 aliphatic carbocycles. The van der Waals surface area contributed by atoms with Crippen molar-refractivity contribution < 1.29 is 18.4 Å². The molecule has 0 aliphatic heterocycles. The summed E-state index contributed by atoms with van der Waals surface area (Å²) in [7, 11) is 0. The largest absolute Gasteiger partial charge is 0.483 e. The summed E-state index contributed by atoms with van der Waals surface area (Å²) in [6.45, 7) is 0. The molecule has 1 fully saturated rings. The summed E-state index contributed by atoms with van der Waals surface area (Å²) in [5, 5.41) is 10.4. The van der Waals surface area contributed by atoms with Crippen LogP contribution in [0.3, 0.4) is 0 Å². The molecular weight excluding hydrogens is 244 g/mol. The topological polar surface area (TPSA) is 52.4 Å². The Labute approximate surface area is 101 Å². The third kappa shape index (κ3) is 1.73. The fraction of sp³-hybridized carbons (Fsp3) is 0.333. The van der Waals surface area contributed by atoms with Crippen LogP contribution >= 0.6 is 0 Å². The Morgan fingerprint density at radius 2 is 2.11 bits per heavy atom. The quantitative estimate of drug-likeness (QED) is 0.472. The Morgan fingerprint density at radius 1 is 1.33 bits per heavy atom. The van der Waals surface area contributed by atoms with Crippen molar-refractivity contribution in [1.29, 1.82) is 0 Å². The van der Waals surface area contributed by atoms with E-state index < -0.39 is 22.2 Å². The van der Waals surface area contributed by atoms with E-state index in [4.69, 9.17) is 4.74 Å². The Hall–Kier alpha value is -1.98. The summed E-state index contributed by atoms with van der Waals surface area (Å²) in [5.74, 6) is -2.53. The molecule has 1 aromatic carbocycles. The van der Waals surface area contributed by atoms with E-state index in [1.165, 1.54) is 5.57 Å². The number of nitrogens with zero attached hydrogens (tertiary/aromatic N) is 1. The van der Waals surface area contributed by atoms with Gasteiger partial charge in [0.2, 0.25) is 11.6 Å². The SMILES string of the molecule is O=[N+]([O-])c1ccc(OC2C=C3CC3C2)c(F)c1F. The first-order valence-electron chi connectivity index (χ1n) is 5.56. The van der Waals surface area contributed by atoms with Crippen LogP contribution in [-0.2, 0) is 0 Å². The Balaban J connectivity index is 1.84. The van der Waals surface area contributed by atoms with E-state index in [2.05, 4.69) is 0 Å². The lowest BCUT2D eigenvalue weighted by atomic mass is 10.2. The van der Waals surface area contributed by atoms with Crippen LogP contribution in [0.5, 0.6) is 5.75 Å². The molecule has 2 aliphatic rings. The molecule has 18 heavy (non-hydrogen) atoms. The van der Waals surface area contributed by atoms with Gasteiger partial charge < -0.3 is 4.74 Å². The molecule has 3 rings (SSSR count). The number of halogens is 2. The smallest absolute Gasteiger partial charge is 0.308 e. The molecule has 94 valence electrons. The van der Waals surface area contributed by atoms with Crippen molar-refractivity contribution >= 4 is 5.69 Å². The first kappa shape index (κ1) is 11.1. The second kappa shape index (κ2) is 3.76. The van der Waals surface area contributed by atoms with Crippen LogP contribution < -0.4 is 4.74 Å². The number of nitro groups is 1. The number of hydrogen-bond donors (Lipinski definition) is 0. The van der Waals surface area contributed by atoms with Crippen molar-refractivity contribution in [2.75, 3.05) is 0 Å². The van der Waals surface area contributed by atoms with Gasteiger partial charge in [-0.1, -0.05) is 5.57 Å². The molecule has 2 atom stereocenters. The maximum atomic E-state index is 13.6. The standard InChI is InChI=1S/C12H9F2NO3/c13-11-9(15(16)17)1-2-10(12(11)14)18-8-4-6-3-7(6)5-8/h1-2,4,7-8H,3,5H2. The molecule has 0 bridgehead atoms. The number of fused-ring (bicyclic) bond motifs is 1. The van der Waals surface area contributed by atoms with Crippen molar-refractivity contribution in [3.8, 4) is 5.75 Å². The molecule has 4 nitrogen and oxygen atoms in total. The maximum Gasteiger partial charge on any atom is 0.308 e. The summed E-state index contributed by atoms with van der Waals surface area (Å²) in [6, 6.07) is 2.01. The van der Waals surface area contributed by atoms with Gasteiger partial charge in [-0.25, -0.2) is 0 Å². The van der Waals surface area contributed by atoms with Gasteiger partial charge in [0.15, 0.2) is 5.75 Å². The van der Waals surface area contributed by atoms with Crippen LogP contribution in [0.2, 0.25) is 0 Å². The third-order valence-corrected chi connectivity index (χ3v) is 3.26. The van der Waals surface area contributed by atoms with E-state index in [1.807, 2.05) is 6.08 Å². The van der Waals surface area contributed by atoms with Gasteiger partial charge in [-0.15, -0.1) is 0 Å². The highest BCUT2D eigenvalue weighted by molar-refractivity contribution is 5.40. The summed E-state index contributed by atoms with van der Waals surface area (Å²) in [4.78, 5) is 9.46. The molecule has 1 aromatic rings. The summed E-state index contributed by atoms with van der Waals surface area (Å²) in [5.41, 5.74) is 0.412. The fourth-order valence-corrected chi connectivity index (χ4v) is 2.25. The highest BCUT2D eigenvalue weighted by Gasteiger charge is 2.39. The highest BCUT2D eigenvalue weighted by atomic mass is 19.2. The van der Waals surface area contributed by atoms with Crippen LogP contribution in [0.1, 0.15) is 12.8 Å². The van der Waals surface area contributed by atoms with Gasteiger partial charge in [-0.05, 0) is 30.9 Å². The average molecular weight is 253 g/mol. The first-order chi connectivity index (χ1) is 8.56. The van der Waals surface area contributed by atoms with Crippen molar-refractivity contribution in [2.45, 2.75) is 18.9 Å². The minimum absolute atomic E-state index is 0.255. The zero-order chi connectivity index (χ0) is 12.9. The van der Waals surface area contributed by atoms with Gasteiger partial charge in [0.1, 0.15) is 6.10 Å². The van der Waals surface area contributed by atoms with Crippen molar-refractivity contribution in [3.63, 3.8) is 0 Å². The molecule has 1 saturated carbocycles. The first-order valence-corrected chi connectivity index (χ1v) is 5.56. The zero-order valence-corrected chi connectivity index (χ0v) is 9.23. The van der Waals surface area contributed by atoms with Crippen LogP contribution in [0, 0.1) is 27.7 Å². The minimum Gasteiger partial charge on any atom is -0.483 e. The van der Waals surface area contributed by atoms with Crippen LogP contribution in [0.15, 0.2) is 23.8 Å². The number of hydrogen-bond acceptors (Lipinski definition) is 3. The summed E-state index contributed by atoms with van der Waals surface area (Å²) in [6.07, 6.45) is 3.49. The molecule has 6 heteroatoms. The molecular formula is C12H9F2NO3. The lowest BCUT2D eigenvalue weighted by Crippen LogP contribution is -2.13. The van der Waals surface area contributed by atoms with Crippen molar-refractivity contribution in [1.82, 2.24) is 0 Å². The molecule has 0 heterocycles. The van der Waals surface area contributed by atoms with Gasteiger partial charge in [-0.2, -0.15) is 8.78 Å². The predicted molar refractivity (Wildman–Crippen MR) is 58.2 cm³/mol. The summed E-state index contributed by atoms with van der Waals surface area (Å²) >= 11 is 0. The number of rotatable bonds is 3. The monoisotopic (exact) mass is 253 g/mol. The second-order valence-corrected chi connectivity index (χ2v) is 4.50. The molecule has 0 saturated heterocycles. The minimum atomic E-state index is -1.48. The Kier molecular flexibility index (Phi) is 2.33. The maximum absolute atomic E-state index is 13.6. The van der Waals surface area contributed by atoms with E-state index in [0.29, 0.717) is 5.92 Å². The number of ether oxygens (including phenoxy) is 1. The van der Waals surface area contributed by atoms with Gasteiger partial charge in [0.05, 0.1) is 4.92 Å². The normalized spacial score (nSPS) is 24.4. The summed E-state index contributed by atoms with van der Waals surface area (Å²) < 4.78 is 32.2. The average Bonchev–Trinajstić information content (AvgIpc) is 2.93. The van der Waals surface area contributed by atoms with Crippen molar-refractivity contribution in [2.24, 2.45) is 5.92 Å². The third-order valence-electron chi connectivity index (χ3n) is 3.26. The molecule has 0 aromatic heterocycles. The predicted octanol–water partition coefficient (Wildman–Crippen LogP) is 2.97. The van der Waals surface area contributed by atoms with E-state index in [-0.39, 0.29) is 11.9 Å². The van der Waals surface area contributed by atoms with E-state index in [1.54, 1.807) is 0 Å². The van der Waals surface area contributed by atoms with Crippen LogP contribution in [-0.4, -0.2) is 11.0 Å². The Morgan fingerprint density at radius 3 is 2.72 bits per heavy atom. The molecule has 2 unspecified atom stereocenters. The molecule has 0 radical (unpaired) electrons. The zero-order valence-electron chi connectivity index (χ0n) is 9.23. The van der Waals surface area contributed by atoms with E-state index >= 15 is 0 Å². The van der Waals surface area contributed by atoms with Gasteiger partial charge in [-0.3, -0.25) is 10.1 Å². The fourth-order valence-electron chi connectivity index (χ4n) is 2.25. The highest BCUT2D eigenvalue weighted by Crippen LogP contribution is 2.47. The van der Waals surface area contributed by atoms with Gasteiger partial charge in [0, 0.05) is 6.07 Å². The number of benzene rings is 1.